The first kappa shape index (κ1) is 13.8. The van der Waals surface area contributed by atoms with Crippen LogP contribution in [-0.4, -0.2) is 17.4 Å². The Morgan fingerprint density at radius 3 is 2.88 bits per heavy atom. The Morgan fingerprint density at radius 2 is 2.29 bits per heavy atom. The summed E-state index contributed by atoms with van der Waals surface area (Å²) in [6, 6.07) is 1.60. The van der Waals surface area contributed by atoms with E-state index in [4.69, 9.17) is 27.5 Å². The molecule has 3 N–H and O–H groups in total. The molecule has 0 aromatic carbocycles. The number of nitrogen functional groups attached to an aromatic ring is 1. The number of rotatable bonds is 6. The second kappa shape index (κ2) is 6.45. The molecule has 0 saturated heterocycles. The molecule has 0 unspecified atom stereocenters. The van der Waals surface area contributed by atoms with Gasteiger partial charge in [-0.2, -0.15) is 0 Å². The summed E-state index contributed by atoms with van der Waals surface area (Å²) in [6.07, 6.45) is 3.60. The van der Waals surface area contributed by atoms with E-state index in [9.17, 15) is 0 Å². The fourth-order valence-electron chi connectivity index (χ4n) is 1.39. The lowest BCUT2D eigenvalue weighted by Gasteiger charge is -2.10. The lowest BCUT2D eigenvalue weighted by molar-refractivity contribution is 0.287. The largest absolute Gasteiger partial charge is 0.477 e. The zero-order chi connectivity index (χ0) is 12.8. The van der Waals surface area contributed by atoms with E-state index in [-0.39, 0.29) is 5.84 Å². The minimum absolute atomic E-state index is 0.0792. The standard InChI is InChI=1S/C12H18ClN3O/c1-8(2)4-3-7-17-12-10(13)9(11(14)15)5-6-16-12/h5-6,8H,3-4,7H2,1-2H3,(H3,14,15). The first-order valence-corrected chi connectivity index (χ1v) is 6.02. The van der Waals surface area contributed by atoms with Crippen LogP contribution in [0.25, 0.3) is 0 Å². The minimum atomic E-state index is -0.0792. The first-order chi connectivity index (χ1) is 8.02. The van der Waals surface area contributed by atoms with Gasteiger partial charge < -0.3 is 10.5 Å². The van der Waals surface area contributed by atoms with Crippen LogP contribution in [0.5, 0.6) is 5.88 Å². The molecule has 94 valence electrons. The zero-order valence-corrected chi connectivity index (χ0v) is 10.9. The van der Waals surface area contributed by atoms with Crippen LogP contribution in [-0.2, 0) is 0 Å². The molecular formula is C12H18ClN3O. The Kier molecular flexibility index (Phi) is 5.22. The van der Waals surface area contributed by atoms with Crippen molar-refractivity contribution in [1.29, 1.82) is 5.41 Å². The highest BCUT2D eigenvalue weighted by Gasteiger charge is 2.10. The number of nitrogens with one attached hydrogen (secondary N) is 1. The van der Waals surface area contributed by atoms with Gasteiger partial charge in [0.15, 0.2) is 0 Å². The van der Waals surface area contributed by atoms with E-state index in [0.717, 1.165) is 12.8 Å². The third-order valence-corrected chi connectivity index (χ3v) is 2.68. The highest BCUT2D eigenvalue weighted by molar-refractivity contribution is 6.35. The monoisotopic (exact) mass is 255 g/mol. The molecule has 4 nitrogen and oxygen atoms in total. The second-order valence-electron chi connectivity index (χ2n) is 4.28. The van der Waals surface area contributed by atoms with E-state index in [1.165, 1.54) is 0 Å². The summed E-state index contributed by atoms with van der Waals surface area (Å²) in [5.41, 5.74) is 5.85. The molecule has 1 aromatic rings. The molecular weight excluding hydrogens is 238 g/mol. The van der Waals surface area contributed by atoms with Crippen molar-refractivity contribution in [3.8, 4) is 5.88 Å². The quantitative estimate of drug-likeness (QED) is 0.466. The van der Waals surface area contributed by atoms with Crippen LogP contribution in [0.1, 0.15) is 32.3 Å². The van der Waals surface area contributed by atoms with Crippen molar-refractivity contribution in [2.45, 2.75) is 26.7 Å². The Bertz CT molecular complexity index is 393. The van der Waals surface area contributed by atoms with Crippen molar-refractivity contribution in [3.63, 3.8) is 0 Å². The number of halogens is 1. The number of nitrogens with two attached hydrogens (primary N) is 1. The summed E-state index contributed by atoms with van der Waals surface area (Å²) < 4.78 is 5.48. The van der Waals surface area contributed by atoms with Crippen LogP contribution >= 0.6 is 11.6 Å². The molecule has 0 fully saturated rings. The maximum Gasteiger partial charge on any atom is 0.233 e. The molecule has 0 aliphatic heterocycles. The van der Waals surface area contributed by atoms with Crippen molar-refractivity contribution < 1.29 is 4.74 Å². The van der Waals surface area contributed by atoms with E-state index in [0.29, 0.717) is 29.0 Å². The SMILES string of the molecule is CC(C)CCCOc1nccc(C(=N)N)c1Cl. The number of nitrogens with zero attached hydrogens (tertiary/aromatic N) is 1. The third kappa shape index (κ3) is 4.23. The van der Waals surface area contributed by atoms with Crippen LogP contribution in [0, 0.1) is 11.3 Å². The Morgan fingerprint density at radius 1 is 1.59 bits per heavy atom. The molecule has 0 saturated carbocycles. The fraction of sp³-hybridized carbons (Fsp3) is 0.500. The van der Waals surface area contributed by atoms with Crippen LogP contribution < -0.4 is 10.5 Å². The molecule has 5 heteroatoms. The Hall–Kier alpha value is -1.29. The average Bonchev–Trinajstić information content (AvgIpc) is 2.25. The van der Waals surface area contributed by atoms with Crippen LogP contribution in [0.2, 0.25) is 5.02 Å². The van der Waals surface area contributed by atoms with Crippen molar-refractivity contribution in [2.24, 2.45) is 11.7 Å². The molecule has 1 heterocycles. The second-order valence-corrected chi connectivity index (χ2v) is 4.65. The van der Waals surface area contributed by atoms with Gasteiger partial charge in [-0.25, -0.2) is 4.98 Å². The van der Waals surface area contributed by atoms with Crippen molar-refractivity contribution >= 4 is 17.4 Å². The molecule has 0 aliphatic carbocycles. The summed E-state index contributed by atoms with van der Waals surface area (Å²) in [5.74, 6) is 0.929. The van der Waals surface area contributed by atoms with E-state index in [1.807, 2.05) is 0 Å². The van der Waals surface area contributed by atoms with Gasteiger partial charge in [-0.15, -0.1) is 0 Å². The molecule has 0 radical (unpaired) electrons. The molecule has 0 atom stereocenters. The number of aromatic nitrogens is 1. The van der Waals surface area contributed by atoms with E-state index < -0.39 is 0 Å². The summed E-state index contributed by atoms with van der Waals surface area (Å²) in [6.45, 7) is 4.91. The number of amidine groups is 1. The molecule has 17 heavy (non-hydrogen) atoms. The van der Waals surface area contributed by atoms with Crippen molar-refractivity contribution in [3.05, 3.63) is 22.8 Å². The molecule has 1 aromatic heterocycles. The molecule has 0 spiro atoms. The zero-order valence-electron chi connectivity index (χ0n) is 10.2. The van der Waals surface area contributed by atoms with Crippen molar-refractivity contribution in [1.82, 2.24) is 4.98 Å². The summed E-state index contributed by atoms with van der Waals surface area (Å²) in [5, 5.41) is 7.66. The fourth-order valence-corrected chi connectivity index (χ4v) is 1.66. The van der Waals surface area contributed by atoms with Crippen molar-refractivity contribution in [2.75, 3.05) is 6.61 Å². The van der Waals surface area contributed by atoms with Gasteiger partial charge >= 0.3 is 0 Å². The predicted octanol–water partition coefficient (Wildman–Crippen LogP) is 2.83. The average molecular weight is 256 g/mol. The molecule has 1 rings (SSSR count). The van der Waals surface area contributed by atoms with Gasteiger partial charge in [0.1, 0.15) is 10.9 Å². The van der Waals surface area contributed by atoms with Crippen LogP contribution in [0.15, 0.2) is 12.3 Å². The van der Waals surface area contributed by atoms with Gasteiger partial charge in [0.25, 0.3) is 0 Å². The van der Waals surface area contributed by atoms with Gasteiger partial charge in [-0.05, 0) is 24.8 Å². The number of hydrogen-bond donors (Lipinski definition) is 2. The number of ether oxygens (including phenoxy) is 1. The molecule has 0 bridgehead atoms. The lowest BCUT2D eigenvalue weighted by Crippen LogP contribution is -2.12. The highest BCUT2D eigenvalue weighted by atomic mass is 35.5. The van der Waals surface area contributed by atoms with Gasteiger partial charge in [-0.3, -0.25) is 5.41 Å². The van der Waals surface area contributed by atoms with E-state index in [2.05, 4.69) is 18.8 Å². The Labute approximate surface area is 107 Å². The minimum Gasteiger partial charge on any atom is -0.477 e. The van der Waals surface area contributed by atoms with Gasteiger partial charge in [0.05, 0.1) is 6.61 Å². The number of hydrogen-bond acceptors (Lipinski definition) is 3. The Balaban J connectivity index is 2.59. The first-order valence-electron chi connectivity index (χ1n) is 5.64. The van der Waals surface area contributed by atoms with E-state index in [1.54, 1.807) is 12.3 Å². The topological polar surface area (TPSA) is 72.0 Å². The van der Waals surface area contributed by atoms with E-state index >= 15 is 0 Å². The molecule has 0 amide bonds. The lowest BCUT2D eigenvalue weighted by atomic mass is 10.1. The maximum absolute atomic E-state index is 7.35. The smallest absolute Gasteiger partial charge is 0.233 e. The normalized spacial score (nSPS) is 10.6. The maximum atomic E-state index is 7.35. The van der Waals surface area contributed by atoms with Crippen LogP contribution in [0.3, 0.4) is 0 Å². The third-order valence-electron chi connectivity index (χ3n) is 2.31. The summed E-state index contributed by atoms with van der Waals surface area (Å²) in [4.78, 5) is 4.03. The van der Waals surface area contributed by atoms with Gasteiger partial charge in [0, 0.05) is 11.8 Å². The van der Waals surface area contributed by atoms with Gasteiger partial charge in [-0.1, -0.05) is 25.4 Å². The molecule has 0 aliphatic rings. The predicted molar refractivity (Wildman–Crippen MR) is 69.8 cm³/mol. The highest BCUT2D eigenvalue weighted by Crippen LogP contribution is 2.25. The summed E-state index contributed by atoms with van der Waals surface area (Å²) in [7, 11) is 0. The van der Waals surface area contributed by atoms with Gasteiger partial charge in [0.2, 0.25) is 5.88 Å². The van der Waals surface area contributed by atoms with Crippen LogP contribution in [0.4, 0.5) is 0 Å². The summed E-state index contributed by atoms with van der Waals surface area (Å²) >= 11 is 6.04. The number of pyridine rings is 1.